The molecule has 3 aromatic carbocycles. The summed E-state index contributed by atoms with van der Waals surface area (Å²) in [4.78, 5) is 17.2. The van der Waals surface area contributed by atoms with E-state index in [2.05, 4.69) is 15.2 Å². The molecule has 0 aliphatic carbocycles. The molecule has 2 N–H and O–H groups in total. The van der Waals surface area contributed by atoms with Gasteiger partial charge in [-0.15, -0.1) is 0 Å². The molecule has 152 valence electrons. The van der Waals surface area contributed by atoms with Gasteiger partial charge < -0.3 is 19.9 Å². The first-order valence-corrected chi connectivity index (χ1v) is 9.86. The van der Waals surface area contributed by atoms with Crippen LogP contribution in [-0.2, 0) is 6.54 Å². The zero-order chi connectivity index (χ0) is 20.9. The van der Waals surface area contributed by atoms with Gasteiger partial charge in [-0.2, -0.15) is 0 Å². The number of carbonyl (C=O) groups is 1. The van der Waals surface area contributed by atoms with Gasteiger partial charge in [0.05, 0.1) is 23.8 Å². The minimum Gasteiger partial charge on any atom is -0.495 e. The molecule has 1 aromatic heterocycles. The van der Waals surface area contributed by atoms with Crippen molar-refractivity contribution in [1.29, 1.82) is 0 Å². The fourth-order valence-corrected chi connectivity index (χ4v) is 3.48. The van der Waals surface area contributed by atoms with E-state index in [1.54, 1.807) is 7.11 Å². The van der Waals surface area contributed by atoms with Gasteiger partial charge in [-0.25, -0.2) is 9.78 Å². The van der Waals surface area contributed by atoms with Crippen molar-refractivity contribution in [2.75, 3.05) is 19.0 Å². The summed E-state index contributed by atoms with van der Waals surface area (Å²) >= 11 is 0. The Kier molecular flexibility index (Phi) is 5.66. The molecule has 0 radical (unpaired) electrons. The van der Waals surface area contributed by atoms with Crippen LogP contribution < -0.4 is 15.4 Å². The molecule has 0 saturated carbocycles. The van der Waals surface area contributed by atoms with Crippen molar-refractivity contribution < 1.29 is 9.53 Å². The fraction of sp³-hybridized carbons (Fsp3) is 0.167. The second-order valence-corrected chi connectivity index (χ2v) is 7.03. The third kappa shape index (κ3) is 4.12. The van der Waals surface area contributed by atoms with Gasteiger partial charge in [0.15, 0.2) is 0 Å². The lowest BCUT2D eigenvalue weighted by Gasteiger charge is -2.13. The Morgan fingerprint density at radius 1 is 1.03 bits per heavy atom. The van der Waals surface area contributed by atoms with Gasteiger partial charge in [-0.1, -0.05) is 48.5 Å². The summed E-state index contributed by atoms with van der Waals surface area (Å²) in [7, 11) is 1.59. The highest BCUT2D eigenvalue weighted by atomic mass is 16.5. The maximum atomic E-state index is 12.4. The Balaban J connectivity index is 1.49. The number of anilines is 1. The van der Waals surface area contributed by atoms with Gasteiger partial charge in [-0.3, -0.25) is 0 Å². The summed E-state index contributed by atoms with van der Waals surface area (Å²) in [6.07, 6.45) is 0. The van der Waals surface area contributed by atoms with Crippen LogP contribution in [0.2, 0.25) is 0 Å². The van der Waals surface area contributed by atoms with Crippen molar-refractivity contribution in [2.45, 2.75) is 13.5 Å². The number of nitrogens with one attached hydrogen (secondary N) is 2. The number of imidazole rings is 1. The van der Waals surface area contributed by atoms with Crippen molar-refractivity contribution in [1.82, 2.24) is 14.9 Å². The van der Waals surface area contributed by atoms with E-state index in [9.17, 15) is 4.79 Å². The van der Waals surface area contributed by atoms with E-state index in [-0.39, 0.29) is 6.03 Å². The Hall–Kier alpha value is -3.80. The molecule has 4 aromatic rings. The summed E-state index contributed by atoms with van der Waals surface area (Å²) < 4.78 is 7.46. The minimum absolute atomic E-state index is 0.274. The molecule has 0 aliphatic rings. The highest BCUT2D eigenvalue weighted by Gasteiger charge is 2.13. The zero-order valence-corrected chi connectivity index (χ0v) is 17.1. The van der Waals surface area contributed by atoms with Gasteiger partial charge in [-0.05, 0) is 36.8 Å². The lowest BCUT2D eigenvalue weighted by molar-refractivity contribution is 0.251. The maximum absolute atomic E-state index is 12.4. The Bertz CT molecular complexity index is 1170. The van der Waals surface area contributed by atoms with Gasteiger partial charge in [0.1, 0.15) is 11.6 Å². The molecule has 0 unspecified atom stereocenters. The molecule has 0 atom stereocenters. The smallest absolute Gasteiger partial charge is 0.319 e. The molecular weight excluding hydrogens is 376 g/mol. The predicted molar refractivity (Wildman–Crippen MR) is 120 cm³/mol. The third-order valence-corrected chi connectivity index (χ3v) is 4.91. The highest BCUT2D eigenvalue weighted by Crippen LogP contribution is 2.26. The number of amides is 2. The molecule has 0 saturated heterocycles. The number of methoxy groups -OCH3 is 1. The first kappa shape index (κ1) is 19.5. The third-order valence-electron chi connectivity index (χ3n) is 4.91. The average molecular weight is 400 g/mol. The summed E-state index contributed by atoms with van der Waals surface area (Å²) in [5.74, 6) is 1.52. The van der Waals surface area contributed by atoms with E-state index in [1.165, 1.54) is 0 Å². The van der Waals surface area contributed by atoms with Crippen molar-refractivity contribution >= 4 is 22.8 Å². The lowest BCUT2D eigenvalue weighted by Crippen LogP contribution is -2.31. The lowest BCUT2D eigenvalue weighted by atomic mass is 10.2. The number of benzene rings is 3. The number of rotatable bonds is 6. The first-order chi connectivity index (χ1) is 14.7. The van der Waals surface area contributed by atoms with Crippen molar-refractivity contribution in [3.05, 3.63) is 78.4 Å². The Morgan fingerprint density at radius 3 is 2.60 bits per heavy atom. The quantitative estimate of drug-likeness (QED) is 0.487. The van der Waals surface area contributed by atoms with E-state index in [0.717, 1.165) is 28.0 Å². The molecule has 1 heterocycles. The monoisotopic (exact) mass is 400 g/mol. The van der Waals surface area contributed by atoms with Crippen molar-refractivity contribution in [3.63, 3.8) is 0 Å². The SMILES string of the molecule is COc1ccc(C)cc1NC(=O)NCCn1c(-c2ccccc2)nc2ccccc21. The number of para-hydroxylation sites is 2. The fourth-order valence-electron chi connectivity index (χ4n) is 3.48. The van der Waals surface area contributed by atoms with Crippen LogP contribution in [0.25, 0.3) is 22.4 Å². The van der Waals surface area contributed by atoms with Crippen LogP contribution in [0.1, 0.15) is 5.56 Å². The van der Waals surface area contributed by atoms with E-state index in [1.807, 2.05) is 79.7 Å². The van der Waals surface area contributed by atoms with Crippen LogP contribution in [0.3, 0.4) is 0 Å². The van der Waals surface area contributed by atoms with Crippen LogP contribution in [0.15, 0.2) is 72.8 Å². The van der Waals surface area contributed by atoms with Gasteiger partial charge in [0.2, 0.25) is 0 Å². The molecule has 0 bridgehead atoms. The molecule has 2 amide bonds. The summed E-state index contributed by atoms with van der Waals surface area (Å²) in [5.41, 5.74) is 4.71. The Labute approximate surface area is 175 Å². The van der Waals surface area contributed by atoms with Crippen LogP contribution in [0, 0.1) is 6.92 Å². The zero-order valence-electron chi connectivity index (χ0n) is 17.1. The number of aromatic nitrogens is 2. The topological polar surface area (TPSA) is 68.2 Å². The van der Waals surface area contributed by atoms with Gasteiger partial charge in [0.25, 0.3) is 0 Å². The summed E-state index contributed by atoms with van der Waals surface area (Å²) in [5, 5.41) is 5.80. The second kappa shape index (κ2) is 8.69. The number of carbonyl (C=O) groups excluding carboxylic acids is 1. The maximum Gasteiger partial charge on any atom is 0.319 e. The minimum atomic E-state index is -0.274. The van der Waals surface area contributed by atoms with E-state index < -0.39 is 0 Å². The number of aryl methyl sites for hydroxylation is 1. The Morgan fingerprint density at radius 2 is 1.80 bits per heavy atom. The van der Waals surface area contributed by atoms with Crippen LogP contribution >= 0.6 is 0 Å². The normalized spacial score (nSPS) is 10.7. The van der Waals surface area contributed by atoms with E-state index in [4.69, 9.17) is 9.72 Å². The molecule has 4 rings (SSSR count). The van der Waals surface area contributed by atoms with E-state index >= 15 is 0 Å². The molecule has 6 heteroatoms. The van der Waals surface area contributed by atoms with Gasteiger partial charge >= 0.3 is 6.03 Å². The summed E-state index contributed by atoms with van der Waals surface area (Å²) in [6, 6.07) is 23.5. The average Bonchev–Trinajstić information content (AvgIpc) is 3.13. The standard InChI is InChI=1S/C24H24N4O2/c1-17-12-13-22(30-2)20(16-17)27-24(29)25-14-15-28-21-11-7-6-10-19(21)26-23(28)18-8-4-3-5-9-18/h3-13,16H,14-15H2,1-2H3,(H2,25,27,29). The number of ether oxygens (including phenoxy) is 1. The second-order valence-electron chi connectivity index (χ2n) is 7.03. The number of nitrogens with zero attached hydrogens (tertiary/aromatic N) is 2. The van der Waals surface area contributed by atoms with E-state index in [0.29, 0.717) is 24.5 Å². The number of urea groups is 1. The highest BCUT2D eigenvalue weighted by molar-refractivity contribution is 5.91. The largest absolute Gasteiger partial charge is 0.495 e. The molecule has 30 heavy (non-hydrogen) atoms. The van der Waals surface area contributed by atoms with Crippen molar-refractivity contribution in [3.8, 4) is 17.1 Å². The number of hydrogen-bond acceptors (Lipinski definition) is 3. The predicted octanol–water partition coefficient (Wildman–Crippen LogP) is 4.84. The molecule has 0 spiro atoms. The van der Waals surface area contributed by atoms with Crippen LogP contribution in [0.4, 0.5) is 10.5 Å². The van der Waals surface area contributed by atoms with Gasteiger partial charge in [0, 0.05) is 18.7 Å². The molecular formula is C24H24N4O2. The number of fused-ring (bicyclic) bond motifs is 1. The first-order valence-electron chi connectivity index (χ1n) is 9.86. The summed E-state index contributed by atoms with van der Waals surface area (Å²) in [6.45, 7) is 3.03. The van der Waals surface area contributed by atoms with Crippen LogP contribution in [0.5, 0.6) is 5.75 Å². The van der Waals surface area contributed by atoms with Crippen molar-refractivity contribution in [2.24, 2.45) is 0 Å². The molecule has 0 fully saturated rings. The molecule has 0 aliphatic heterocycles. The number of hydrogen-bond donors (Lipinski definition) is 2. The van der Waals surface area contributed by atoms with Crippen LogP contribution in [-0.4, -0.2) is 29.2 Å². The molecule has 6 nitrogen and oxygen atoms in total.